The van der Waals surface area contributed by atoms with Crippen LogP contribution in [0.4, 0.5) is 4.39 Å². The SMILES string of the molecule is C[N+](C)(C)CCCc1c(F)ccc2c(CCO)c[nH]c12. The van der Waals surface area contributed by atoms with Crippen LogP contribution in [0.2, 0.25) is 0 Å². The lowest BCUT2D eigenvalue weighted by molar-refractivity contribution is -0.870. The van der Waals surface area contributed by atoms with Crippen LogP contribution in [0.15, 0.2) is 18.3 Å². The van der Waals surface area contributed by atoms with Gasteiger partial charge in [0.25, 0.3) is 0 Å². The molecule has 2 aromatic rings. The van der Waals surface area contributed by atoms with E-state index in [9.17, 15) is 4.39 Å². The molecule has 0 atom stereocenters. The van der Waals surface area contributed by atoms with E-state index in [4.69, 9.17) is 5.11 Å². The van der Waals surface area contributed by atoms with Gasteiger partial charge in [-0.1, -0.05) is 0 Å². The molecule has 1 heterocycles. The van der Waals surface area contributed by atoms with Crippen LogP contribution < -0.4 is 0 Å². The molecule has 1 aromatic carbocycles. The third-order valence-corrected chi connectivity index (χ3v) is 3.63. The van der Waals surface area contributed by atoms with E-state index in [-0.39, 0.29) is 12.4 Å². The van der Waals surface area contributed by atoms with Gasteiger partial charge in [0.15, 0.2) is 0 Å². The van der Waals surface area contributed by atoms with Crippen molar-refractivity contribution in [2.75, 3.05) is 34.3 Å². The molecule has 0 unspecified atom stereocenters. The summed E-state index contributed by atoms with van der Waals surface area (Å²) in [5.74, 6) is -0.142. The van der Waals surface area contributed by atoms with Crippen molar-refractivity contribution in [3.05, 3.63) is 35.3 Å². The predicted molar refractivity (Wildman–Crippen MR) is 80.3 cm³/mol. The lowest BCUT2D eigenvalue weighted by atomic mass is 10.0. The molecule has 0 fully saturated rings. The third kappa shape index (κ3) is 3.38. The molecule has 1 aromatic heterocycles. The number of nitrogens with zero attached hydrogens (tertiary/aromatic N) is 1. The zero-order valence-corrected chi connectivity index (χ0v) is 12.5. The average Bonchev–Trinajstić information content (AvgIpc) is 2.75. The summed E-state index contributed by atoms with van der Waals surface area (Å²) >= 11 is 0. The maximum atomic E-state index is 14.1. The molecule has 110 valence electrons. The van der Waals surface area contributed by atoms with E-state index in [1.54, 1.807) is 12.1 Å². The third-order valence-electron chi connectivity index (χ3n) is 3.63. The Hall–Kier alpha value is -1.39. The lowest BCUT2D eigenvalue weighted by Gasteiger charge is -2.23. The molecule has 0 aliphatic carbocycles. The maximum Gasteiger partial charge on any atom is 0.128 e. The summed E-state index contributed by atoms with van der Waals surface area (Å²) in [6.07, 6.45) is 4.17. The van der Waals surface area contributed by atoms with Crippen LogP contribution in [0.3, 0.4) is 0 Å². The summed E-state index contributed by atoms with van der Waals surface area (Å²) in [5.41, 5.74) is 2.70. The standard InChI is InChI=1S/C16H24FN2O/c1-19(2,3)9-4-5-14-15(17)7-6-13-12(8-10-20)11-18-16(13)14/h6-7,11,18,20H,4-5,8-10H2,1-3H3/q+1. The van der Waals surface area contributed by atoms with Crippen molar-refractivity contribution in [1.29, 1.82) is 0 Å². The second kappa shape index (κ2) is 5.94. The highest BCUT2D eigenvalue weighted by molar-refractivity contribution is 5.86. The van der Waals surface area contributed by atoms with Crippen LogP contribution in [0.1, 0.15) is 17.5 Å². The van der Waals surface area contributed by atoms with Crippen molar-refractivity contribution in [1.82, 2.24) is 4.98 Å². The number of hydrogen-bond acceptors (Lipinski definition) is 1. The minimum atomic E-state index is -0.142. The molecule has 4 heteroatoms. The van der Waals surface area contributed by atoms with E-state index in [0.29, 0.717) is 6.42 Å². The summed E-state index contributed by atoms with van der Waals surface area (Å²) in [6.45, 7) is 1.13. The van der Waals surface area contributed by atoms with Gasteiger partial charge in [0, 0.05) is 30.2 Å². The predicted octanol–water partition coefficient (Wildman–Crippen LogP) is 2.48. The van der Waals surface area contributed by atoms with Crippen molar-refractivity contribution >= 4 is 10.9 Å². The number of quaternary nitrogens is 1. The van der Waals surface area contributed by atoms with Crippen LogP contribution in [-0.4, -0.2) is 48.9 Å². The highest BCUT2D eigenvalue weighted by Crippen LogP contribution is 2.25. The first kappa shape index (κ1) is 15.0. The number of nitrogens with one attached hydrogen (secondary N) is 1. The molecule has 0 amide bonds. The van der Waals surface area contributed by atoms with Gasteiger partial charge in [-0.3, -0.25) is 0 Å². The largest absolute Gasteiger partial charge is 0.396 e. The monoisotopic (exact) mass is 279 g/mol. The number of aliphatic hydroxyl groups is 1. The molecule has 0 aliphatic heterocycles. The quantitative estimate of drug-likeness (QED) is 0.783. The van der Waals surface area contributed by atoms with Gasteiger partial charge in [-0.25, -0.2) is 4.39 Å². The highest BCUT2D eigenvalue weighted by atomic mass is 19.1. The van der Waals surface area contributed by atoms with Crippen molar-refractivity contribution < 1.29 is 14.0 Å². The minimum absolute atomic E-state index is 0.112. The summed E-state index contributed by atoms with van der Waals surface area (Å²) < 4.78 is 14.9. The Bertz CT molecular complexity index is 584. The number of aromatic nitrogens is 1. The number of H-pyrrole nitrogens is 1. The van der Waals surface area contributed by atoms with Crippen molar-refractivity contribution in [3.8, 4) is 0 Å². The normalized spacial score (nSPS) is 12.2. The zero-order valence-electron chi connectivity index (χ0n) is 12.5. The summed E-state index contributed by atoms with van der Waals surface area (Å²) in [6, 6.07) is 3.34. The lowest BCUT2D eigenvalue weighted by Crippen LogP contribution is -2.35. The Labute approximate surface area is 119 Å². The van der Waals surface area contributed by atoms with E-state index in [0.717, 1.165) is 45.9 Å². The summed E-state index contributed by atoms with van der Waals surface area (Å²) in [5, 5.41) is 10.1. The van der Waals surface area contributed by atoms with Gasteiger partial charge in [-0.15, -0.1) is 0 Å². The molecule has 0 bridgehead atoms. The molecule has 0 spiro atoms. The molecular weight excluding hydrogens is 255 g/mol. The summed E-state index contributed by atoms with van der Waals surface area (Å²) in [7, 11) is 6.43. The first-order valence-electron chi connectivity index (χ1n) is 7.11. The number of aromatic amines is 1. The number of aryl methyl sites for hydroxylation is 1. The zero-order chi connectivity index (χ0) is 14.8. The van der Waals surface area contributed by atoms with Gasteiger partial charge < -0.3 is 14.6 Å². The highest BCUT2D eigenvalue weighted by Gasteiger charge is 2.13. The minimum Gasteiger partial charge on any atom is -0.396 e. The van der Waals surface area contributed by atoms with Gasteiger partial charge in [0.1, 0.15) is 5.82 Å². The number of hydrogen-bond donors (Lipinski definition) is 2. The Balaban J connectivity index is 2.25. The van der Waals surface area contributed by atoms with Gasteiger partial charge in [0.2, 0.25) is 0 Å². The first-order chi connectivity index (χ1) is 9.42. The Kier molecular flexibility index (Phi) is 4.45. The fourth-order valence-corrected chi connectivity index (χ4v) is 2.59. The smallest absolute Gasteiger partial charge is 0.128 e. The van der Waals surface area contributed by atoms with E-state index >= 15 is 0 Å². The van der Waals surface area contributed by atoms with Crippen LogP contribution in [0.5, 0.6) is 0 Å². The second-order valence-corrected chi connectivity index (χ2v) is 6.35. The number of benzene rings is 1. The average molecular weight is 279 g/mol. The Morgan fingerprint density at radius 2 is 1.95 bits per heavy atom. The molecule has 3 nitrogen and oxygen atoms in total. The van der Waals surface area contributed by atoms with Crippen molar-refractivity contribution in [2.45, 2.75) is 19.3 Å². The van der Waals surface area contributed by atoms with E-state index in [1.807, 2.05) is 6.20 Å². The topological polar surface area (TPSA) is 36.0 Å². The molecule has 0 aliphatic rings. The van der Waals surface area contributed by atoms with Gasteiger partial charge in [0.05, 0.1) is 33.2 Å². The number of fused-ring (bicyclic) bond motifs is 1. The molecule has 2 N–H and O–H groups in total. The van der Waals surface area contributed by atoms with Gasteiger partial charge in [-0.05, 0) is 30.5 Å². The second-order valence-electron chi connectivity index (χ2n) is 6.35. The fraction of sp³-hybridized carbons (Fsp3) is 0.500. The van der Waals surface area contributed by atoms with E-state index in [2.05, 4.69) is 26.1 Å². The van der Waals surface area contributed by atoms with E-state index < -0.39 is 0 Å². The number of halogens is 1. The molecular formula is C16H24FN2O+. The molecule has 2 rings (SSSR count). The van der Waals surface area contributed by atoms with Crippen LogP contribution >= 0.6 is 0 Å². The number of rotatable bonds is 6. The number of aliphatic hydroxyl groups excluding tert-OH is 1. The van der Waals surface area contributed by atoms with Crippen LogP contribution in [-0.2, 0) is 12.8 Å². The molecule has 0 saturated heterocycles. The van der Waals surface area contributed by atoms with Crippen molar-refractivity contribution in [2.24, 2.45) is 0 Å². The maximum absolute atomic E-state index is 14.1. The molecule has 0 radical (unpaired) electrons. The van der Waals surface area contributed by atoms with Crippen molar-refractivity contribution in [3.63, 3.8) is 0 Å². The first-order valence-corrected chi connectivity index (χ1v) is 7.11. The van der Waals surface area contributed by atoms with Gasteiger partial charge in [-0.2, -0.15) is 0 Å². The van der Waals surface area contributed by atoms with Crippen LogP contribution in [0, 0.1) is 5.82 Å². The van der Waals surface area contributed by atoms with E-state index in [1.165, 1.54) is 0 Å². The molecule has 0 saturated carbocycles. The van der Waals surface area contributed by atoms with Crippen LogP contribution in [0.25, 0.3) is 10.9 Å². The summed E-state index contributed by atoms with van der Waals surface area (Å²) in [4.78, 5) is 3.17. The Morgan fingerprint density at radius 1 is 1.20 bits per heavy atom. The fourth-order valence-electron chi connectivity index (χ4n) is 2.59. The molecule has 20 heavy (non-hydrogen) atoms. The Morgan fingerprint density at radius 3 is 2.60 bits per heavy atom. The van der Waals surface area contributed by atoms with Gasteiger partial charge >= 0.3 is 0 Å².